The highest BCUT2D eigenvalue weighted by Gasteiger charge is 2.43. The maximum absolute atomic E-state index is 11.9. The molecule has 2 unspecified atom stereocenters. The first-order valence-corrected chi connectivity index (χ1v) is 14.4. The number of aliphatic carboxylic acids is 1. The summed E-state index contributed by atoms with van der Waals surface area (Å²) in [7, 11) is -16.7. The second-order valence-electron chi connectivity index (χ2n) is 7.31. The predicted molar refractivity (Wildman–Crippen MR) is 115 cm³/mol. The van der Waals surface area contributed by atoms with Crippen molar-refractivity contribution in [1.29, 1.82) is 0 Å². The van der Waals surface area contributed by atoms with Crippen molar-refractivity contribution >= 4 is 52.3 Å². The number of aromatic nitrogens is 4. The largest absolute Gasteiger partial charge is 0.490 e. The van der Waals surface area contributed by atoms with Gasteiger partial charge >= 0.3 is 29.4 Å². The molecule has 2 aromatic rings. The first kappa shape index (κ1) is 29.4. The second kappa shape index (κ2) is 11.3. The number of rotatable bonds is 12. The lowest BCUT2D eigenvalue weighted by atomic mass is 10.2. The van der Waals surface area contributed by atoms with Gasteiger partial charge in [0.1, 0.15) is 18.7 Å². The van der Waals surface area contributed by atoms with Gasteiger partial charge in [0, 0.05) is 12.8 Å². The molecule has 1 amide bonds. The molecule has 5 atom stereocenters. The van der Waals surface area contributed by atoms with Crippen LogP contribution in [0.5, 0.6) is 0 Å². The van der Waals surface area contributed by atoms with Gasteiger partial charge in [-0.15, -0.1) is 0 Å². The number of carboxylic acid groups (broad SMARTS) is 1. The molecule has 0 aromatic carbocycles. The topological polar surface area (TPSA) is 299 Å². The van der Waals surface area contributed by atoms with Crippen molar-refractivity contribution in [3.05, 3.63) is 12.7 Å². The summed E-state index contributed by atoms with van der Waals surface area (Å²) in [6, 6.07) is 0. The van der Waals surface area contributed by atoms with Gasteiger partial charge in [0.15, 0.2) is 17.0 Å². The fourth-order valence-corrected chi connectivity index (χ4v) is 6.11. The summed E-state index contributed by atoms with van der Waals surface area (Å²) in [5, 5.41) is 21.4. The third kappa shape index (κ3) is 8.41. The molecule has 1 fully saturated rings. The fourth-order valence-electron chi connectivity index (χ4n) is 3.08. The number of phosphoric acid groups is 3. The van der Waals surface area contributed by atoms with Gasteiger partial charge in [-0.1, -0.05) is 0 Å². The summed E-state index contributed by atoms with van der Waals surface area (Å²) >= 11 is 0. The van der Waals surface area contributed by atoms with Crippen LogP contribution in [0.3, 0.4) is 0 Å². The van der Waals surface area contributed by atoms with E-state index >= 15 is 0 Å². The van der Waals surface area contributed by atoms with Crippen LogP contribution in [0, 0.1) is 0 Å². The smallest absolute Gasteiger partial charge is 0.481 e. The Labute approximate surface area is 205 Å². The molecule has 1 saturated heterocycles. The number of hydrogen-bond acceptors (Lipinski definition) is 13. The molecule has 206 valence electrons. The average Bonchev–Trinajstić information content (AvgIpc) is 3.32. The zero-order valence-electron chi connectivity index (χ0n) is 18.2. The molecule has 0 bridgehead atoms. The molecule has 3 rings (SSSR count). The Hall–Kier alpha value is -2.18. The third-order valence-corrected chi connectivity index (χ3v) is 8.32. The Kier molecular flexibility index (Phi) is 8.96. The number of nitrogens with one attached hydrogen (secondary N) is 1. The van der Waals surface area contributed by atoms with Crippen LogP contribution in [0.25, 0.3) is 11.2 Å². The number of amides is 1. The summed E-state index contributed by atoms with van der Waals surface area (Å²) in [6.45, 7) is -0.867. The Bertz CT molecular complexity index is 1310. The molecule has 2 aromatic heterocycles. The molecule has 0 aliphatic carbocycles. The number of carbonyl (C=O) groups excluding carboxylic acids is 1. The molecule has 3 heterocycles. The van der Waals surface area contributed by atoms with E-state index in [0.717, 1.165) is 6.33 Å². The highest BCUT2D eigenvalue weighted by molar-refractivity contribution is 7.66. The van der Waals surface area contributed by atoms with Gasteiger partial charge in [-0.3, -0.25) is 18.7 Å². The highest BCUT2D eigenvalue weighted by Crippen LogP contribution is 2.66. The summed E-state index contributed by atoms with van der Waals surface area (Å²) in [5.74, 6) is -1.80. The van der Waals surface area contributed by atoms with Crippen molar-refractivity contribution in [2.45, 2.75) is 37.7 Å². The SMILES string of the molecule is O=C(O)CCC(=O)Nc1ncnc2c1ncn2[C@H]1C[C@@H](O)[C@@H](COP(=O)(O)OP(=O)(O)OP(=O)(O)O)O1. The second-order valence-corrected chi connectivity index (χ2v) is 11.7. The molecule has 23 heteroatoms. The van der Waals surface area contributed by atoms with E-state index in [-0.39, 0.29) is 29.8 Å². The van der Waals surface area contributed by atoms with Gasteiger partial charge < -0.3 is 39.8 Å². The molecule has 1 aliphatic rings. The van der Waals surface area contributed by atoms with Crippen molar-refractivity contribution in [1.82, 2.24) is 19.5 Å². The van der Waals surface area contributed by atoms with Crippen LogP contribution in [0.2, 0.25) is 0 Å². The normalized spacial score (nSPS) is 23.4. The number of carbonyl (C=O) groups is 2. The fraction of sp³-hybridized carbons (Fsp3) is 0.500. The zero-order valence-corrected chi connectivity index (χ0v) is 20.9. The van der Waals surface area contributed by atoms with E-state index in [1.54, 1.807) is 0 Å². The van der Waals surface area contributed by atoms with Crippen molar-refractivity contribution < 1.29 is 71.0 Å². The van der Waals surface area contributed by atoms with Gasteiger partial charge in [-0.25, -0.2) is 28.6 Å². The van der Waals surface area contributed by atoms with Crippen LogP contribution in [0.1, 0.15) is 25.5 Å². The number of ether oxygens (including phenoxy) is 1. The van der Waals surface area contributed by atoms with Crippen LogP contribution in [-0.4, -0.2) is 80.0 Å². The van der Waals surface area contributed by atoms with Gasteiger partial charge in [0.2, 0.25) is 5.91 Å². The predicted octanol–water partition coefficient (Wildman–Crippen LogP) is -0.379. The monoisotopic (exact) mass is 591 g/mol. The first-order chi connectivity index (χ1) is 17.1. The lowest BCUT2D eigenvalue weighted by Crippen LogP contribution is -2.26. The van der Waals surface area contributed by atoms with E-state index in [1.165, 1.54) is 10.9 Å². The Morgan fingerprint density at radius 1 is 1.08 bits per heavy atom. The number of phosphoric ester groups is 1. The standard InChI is InChI=1S/C14H20N5O15P3/c20-7-3-10(32-8(7)4-31-36(27,28)34-37(29,30)33-35(24,25)26)19-6-17-12-13(15-5-16-14(12)19)18-9(21)1-2-11(22)23/h5-8,10,20H,1-4H2,(H,22,23)(H,27,28)(H,29,30)(H2,24,25,26)(H,15,16,18,21)/t7-,8-,10-/m1/s1. The molecule has 7 N–H and O–H groups in total. The zero-order chi connectivity index (χ0) is 27.6. The molecule has 0 radical (unpaired) electrons. The molecular formula is C14H20N5O15P3. The van der Waals surface area contributed by atoms with Gasteiger partial charge in [0.25, 0.3) is 0 Å². The minimum absolute atomic E-state index is 0.0121. The van der Waals surface area contributed by atoms with Crippen LogP contribution in [0.15, 0.2) is 12.7 Å². The van der Waals surface area contributed by atoms with E-state index < -0.39 is 66.8 Å². The number of nitrogens with zero attached hydrogens (tertiary/aromatic N) is 4. The highest BCUT2D eigenvalue weighted by atomic mass is 31.3. The first-order valence-electron chi connectivity index (χ1n) is 9.86. The van der Waals surface area contributed by atoms with Crippen molar-refractivity contribution in [3.8, 4) is 0 Å². The van der Waals surface area contributed by atoms with E-state index in [4.69, 9.17) is 19.6 Å². The molecule has 1 aliphatic heterocycles. The van der Waals surface area contributed by atoms with E-state index in [2.05, 4.69) is 33.4 Å². The average molecular weight is 591 g/mol. The number of fused-ring (bicyclic) bond motifs is 1. The number of carboxylic acids is 1. The summed E-state index contributed by atoms with van der Waals surface area (Å²) in [4.78, 5) is 70.4. The summed E-state index contributed by atoms with van der Waals surface area (Å²) in [5.41, 5.74) is 0.259. The minimum Gasteiger partial charge on any atom is -0.481 e. The quantitative estimate of drug-likeness (QED) is 0.155. The van der Waals surface area contributed by atoms with E-state index in [1.807, 2.05) is 0 Å². The van der Waals surface area contributed by atoms with Crippen molar-refractivity contribution in [2.24, 2.45) is 0 Å². The van der Waals surface area contributed by atoms with Crippen LogP contribution in [-0.2, 0) is 41.2 Å². The molecule has 37 heavy (non-hydrogen) atoms. The number of aliphatic hydroxyl groups is 1. The van der Waals surface area contributed by atoms with Gasteiger partial charge in [0.05, 0.1) is 25.5 Å². The molecule has 0 spiro atoms. The van der Waals surface area contributed by atoms with Crippen LogP contribution in [0.4, 0.5) is 5.82 Å². The number of imidazole rings is 1. The Morgan fingerprint density at radius 3 is 2.43 bits per heavy atom. The third-order valence-electron chi connectivity index (χ3n) is 4.51. The molecule has 20 nitrogen and oxygen atoms in total. The van der Waals surface area contributed by atoms with Gasteiger partial charge in [-0.05, 0) is 0 Å². The summed E-state index contributed by atoms with van der Waals surface area (Å²) < 4.78 is 52.6. The van der Waals surface area contributed by atoms with Crippen molar-refractivity contribution in [2.75, 3.05) is 11.9 Å². The molecule has 0 saturated carbocycles. The minimum atomic E-state index is -5.71. The lowest BCUT2D eigenvalue weighted by molar-refractivity contribution is -0.138. The lowest BCUT2D eigenvalue weighted by Gasteiger charge is -2.19. The van der Waals surface area contributed by atoms with E-state index in [9.17, 15) is 38.2 Å². The maximum atomic E-state index is 11.9. The maximum Gasteiger partial charge on any atom is 0.490 e. The van der Waals surface area contributed by atoms with Gasteiger partial charge in [-0.2, -0.15) is 8.62 Å². The number of anilines is 1. The van der Waals surface area contributed by atoms with E-state index in [0.29, 0.717) is 0 Å². The Balaban J connectivity index is 1.65. The number of hydrogen-bond donors (Lipinski definition) is 7. The Morgan fingerprint density at radius 2 is 1.78 bits per heavy atom. The van der Waals surface area contributed by atoms with Crippen molar-refractivity contribution in [3.63, 3.8) is 0 Å². The number of aliphatic hydroxyl groups excluding tert-OH is 1. The van der Waals surface area contributed by atoms with Crippen LogP contribution >= 0.6 is 23.5 Å². The van der Waals surface area contributed by atoms with Crippen LogP contribution < -0.4 is 5.32 Å². The molecular weight excluding hydrogens is 571 g/mol. The summed E-state index contributed by atoms with van der Waals surface area (Å²) in [6.07, 6.45) is -2.03.